The van der Waals surface area contributed by atoms with E-state index >= 15 is 0 Å². The lowest BCUT2D eigenvalue weighted by Gasteiger charge is -2.09. The number of aryl methyl sites for hydroxylation is 1. The number of nitrogens with zero attached hydrogens (tertiary/aromatic N) is 1. The van der Waals surface area contributed by atoms with Gasteiger partial charge in [0.05, 0.1) is 11.2 Å². The lowest BCUT2D eigenvalue weighted by molar-refractivity contribution is 0.108. The lowest BCUT2D eigenvalue weighted by Crippen LogP contribution is -1.96. The second-order valence-electron chi connectivity index (χ2n) is 4.66. The highest BCUT2D eigenvalue weighted by Crippen LogP contribution is 2.27. The molecular weight excluding hydrogens is 270 g/mol. The molecular formula is C17H12ClNO. The first-order valence-electron chi connectivity index (χ1n) is 6.32. The van der Waals surface area contributed by atoms with E-state index in [1.54, 1.807) is 6.07 Å². The molecule has 0 aliphatic heterocycles. The third-order valence-electron chi connectivity index (χ3n) is 3.35. The van der Waals surface area contributed by atoms with Crippen molar-refractivity contribution in [1.82, 2.24) is 4.98 Å². The van der Waals surface area contributed by atoms with Gasteiger partial charge in [0, 0.05) is 16.5 Å². The van der Waals surface area contributed by atoms with Gasteiger partial charge >= 0.3 is 0 Å². The first-order valence-corrected chi connectivity index (χ1v) is 6.70. The number of carbonyl (C=O) groups excluding carboxylic acids is 1. The van der Waals surface area contributed by atoms with Crippen molar-refractivity contribution in [3.63, 3.8) is 0 Å². The van der Waals surface area contributed by atoms with Crippen LogP contribution in [-0.4, -0.2) is 10.2 Å². The minimum absolute atomic E-state index is 0.460. The van der Waals surface area contributed by atoms with Gasteiger partial charge in [0.2, 0.25) is 0 Å². The zero-order valence-electron chi connectivity index (χ0n) is 10.9. The van der Waals surface area contributed by atoms with Crippen LogP contribution in [0.3, 0.4) is 0 Å². The van der Waals surface area contributed by atoms with Gasteiger partial charge in [-0.3, -0.25) is 4.79 Å². The molecule has 0 radical (unpaired) electrons. The van der Waals surface area contributed by atoms with E-state index in [-0.39, 0.29) is 0 Å². The zero-order chi connectivity index (χ0) is 14.1. The Bertz CT molecular complexity index is 811. The number of fused-ring (bicyclic) bond motifs is 1. The Balaban J connectivity index is 2.33. The van der Waals surface area contributed by atoms with Crippen LogP contribution in [0.2, 0.25) is 0 Å². The van der Waals surface area contributed by atoms with E-state index in [4.69, 9.17) is 11.6 Å². The van der Waals surface area contributed by atoms with Gasteiger partial charge in [0.25, 0.3) is 5.24 Å². The molecule has 0 aliphatic rings. The SMILES string of the molecule is Cc1ccccc1-c1cc(C(=O)Cl)c2ccccc2n1. The number of rotatable bonds is 2. The van der Waals surface area contributed by atoms with Gasteiger partial charge in [0.15, 0.2) is 0 Å². The summed E-state index contributed by atoms with van der Waals surface area (Å²) in [5.74, 6) is 0. The Morgan fingerprint density at radius 3 is 2.50 bits per heavy atom. The molecule has 20 heavy (non-hydrogen) atoms. The van der Waals surface area contributed by atoms with Crippen molar-refractivity contribution < 1.29 is 4.79 Å². The molecule has 0 amide bonds. The number of benzene rings is 2. The van der Waals surface area contributed by atoms with Crippen molar-refractivity contribution in [3.8, 4) is 11.3 Å². The third kappa shape index (κ3) is 2.19. The molecule has 1 heterocycles. The van der Waals surface area contributed by atoms with Crippen LogP contribution in [0.1, 0.15) is 15.9 Å². The fraction of sp³-hybridized carbons (Fsp3) is 0.0588. The van der Waals surface area contributed by atoms with Crippen molar-refractivity contribution in [2.45, 2.75) is 6.92 Å². The predicted molar refractivity (Wildman–Crippen MR) is 82.1 cm³/mol. The lowest BCUT2D eigenvalue weighted by atomic mass is 10.0. The number of hydrogen-bond donors (Lipinski definition) is 0. The smallest absolute Gasteiger partial charge is 0.253 e. The Kier molecular flexibility index (Phi) is 3.25. The normalized spacial score (nSPS) is 10.7. The van der Waals surface area contributed by atoms with E-state index in [9.17, 15) is 4.79 Å². The summed E-state index contributed by atoms with van der Waals surface area (Å²) in [6.45, 7) is 2.02. The summed E-state index contributed by atoms with van der Waals surface area (Å²) in [5, 5.41) is 0.322. The molecule has 0 bridgehead atoms. The molecule has 0 unspecified atom stereocenters. The van der Waals surface area contributed by atoms with Crippen LogP contribution in [-0.2, 0) is 0 Å². The molecule has 0 atom stereocenters. The Morgan fingerprint density at radius 1 is 1.05 bits per heavy atom. The summed E-state index contributed by atoms with van der Waals surface area (Å²) in [4.78, 5) is 16.3. The minimum Gasteiger partial charge on any atom is -0.276 e. The number of pyridine rings is 1. The second-order valence-corrected chi connectivity index (χ2v) is 5.00. The topological polar surface area (TPSA) is 30.0 Å². The molecule has 0 aliphatic carbocycles. The van der Waals surface area contributed by atoms with Gasteiger partial charge in [-0.2, -0.15) is 0 Å². The zero-order valence-corrected chi connectivity index (χ0v) is 11.7. The van der Waals surface area contributed by atoms with Gasteiger partial charge in [-0.05, 0) is 36.2 Å². The molecule has 0 spiro atoms. The monoisotopic (exact) mass is 281 g/mol. The van der Waals surface area contributed by atoms with Crippen molar-refractivity contribution in [2.75, 3.05) is 0 Å². The highest BCUT2D eigenvalue weighted by atomic mass is 35.5. The highest BCUT2D eigenvalue weighted by Gasteiger charge is 2.12. The van der Waals surface area contributed by atoms with Crippen molar-refractivity contribution >= 4 is 27.7 Å². The summed E-state index contributed by atoms with van der Waals surface area (Å²) < 4.78 is 0. The van der Waals surface area contributed by atoms with Gasteiger partial charge in [0.1, 0.15) is 0 Å². The maximum absolute atomic E-state index is 11.7. The fourth-order valence-corrected chi connectivity index (χ4v) is 2.49. The maximum atomic E-state index is 11.7. The number of para-hydroxylation sites is 1. The first kappa shape index (κ1) is 12.8. The fourth-order valence-electron chi connectivity index (χ4n) is 2.34. The van der Waals surface area contributed by atoms with E-state index in [1.807, 2.05) is 55.5 Å². The predicted octanol–water partition coefficient (Wildman–Crippen LogP) is 4.59. The first-order chi connectivity index (χ1) is 9.66. The van der Waals surface area contributed by atoms with Crippen LogP contribution in [0.5, 0.6) is 0 Å². The largest absolute Gasteiger partial charge is 0.276 e. The Morgan fingerprint density at radius 2 is 1.75 bits per heavy atom. The molecule has 2 aromatic carbocycles. The average Bonchev–Trinajstić information content (AvgIpc) is 2.46. The molecule has 3 aromatic rings. The number of carbonyl (C=O) groups is 1. The second kappa shape index (κ2) is 5.06. The highest BCUT2D eigenvalue weighted by molar-refractivity contribution is 6.68. The minimum atomic E-state index is -0.460. The van der Waals surface area contributed by atoms with E-state index in [2.05, 4.69) is 4.98 Å². The molecule has 3 heteroatoms. The van der Waals surface area contributed by atoms with Crippen LogP contribution in [0.15, 0.2) is 54.6 Å². The summed E-state index contributed by atoms with van der Waals surface area (Å²) in [5.41, 5.74) is 4.17. The quantitative estimate of drug-likeness (QED) is 0.643. The van der Waals surface area contributed by atoms with Crippen LogP contribution in [0.4, 0.5) is 0 Å². The number of hydrogen-bond acceptors (Lipinski definition) is 2. The molecule has 2 nitrogen and oxygen atoms in total. The maximum Gasteiger partial charge on any atom is 0.253 e. The molecule has 3 rings (SSSR count). The number of aromatic nitrogens is 1. The van der Waals surface area contributed by atoms with Crippen LogP contribution < -0.4 is 0 Å². The summed E-state index contributed by atoms with van der Waals surface area (Å²) in [7, 11) is 0. The van der Waals surface area contributed by atoms with Crippen LogP contribution >= 0.6 is 11.6 Å². The van der Waals surface area contributed by atoms with Crippen molar-refractivity contribution in [3.05, 3.63) is 65.7 Å². The van der Waals surface area contributed by atoms with Crippen molar-refractivity contribution in [1.29, 1.82) is 0 Å². The molecule has 0 saturated carbocycles. The molecule has 0 N–H and O–H groups in total. The Labute approximate surface area is 122 Å². The third-order valence-corrected chi connectivity index (χ3v) is 3.55. The van der Waals surface area contributed by atoms with Crippen LogP contribution in [0.25, 0.3) is 22.2 Å². The molecule has 0 saturated heterocycles. The van der Waals surface area contributed by atoms with Gasteiger partial charge in [-0.25, -0.2) is 4.98 Å². The number of halogens is 1. The average molecular weight is 282 g/mol. The molecule has 0 fully saturated rings. The Hall–Kier alpha value is -2.19. The molecule has 1 aromatic heterocycles. The van der Waals surface area contributed by atoms with Gasteiger partial charge in [-0.1, -0.05) is 42.5 Å². The standard InChI is InChI=1S/C17H12ClNO/c1-11-6-2-3-7-12(11)16-10-14(17(18)20)13-8-4-5-9-15(13)19-16/h2-10H,1H3. The van der Waals surface area contributed by atoms with E-state index in [0.717, 1.165) is 27.7 Å². The van der Waals surface area contributed by atoms with Crippen LogP contribution in [0, 0.1) is 6.92 Å². The van der Waals surface area contributed by atoms with Gasteiger partial charge in [-0.15, -0.1) is 0 Å². The van der Waals surface area contributed by atoms with E-state index in [0.29, 0.717) is 5.56 Å². The van der Waals surface area contributed by atoms with Crippen molar-refractivity contribution in [2.24, 2.45) is 0 Å². The van der Waals surface area contributed by atoms with E-state index in [1.165, 1.54) is 0 Å². The summed E-state index contributed by atoms with van der Waals surface area (Å²) in [6, 6.07) is 17.2. The van der Waals surface area contributed by atoms with Gasteiger partial charge < -0.3 is 0 Å². The summed E-state index contributed by atoms with van der Waals surface area (Å²) >= 11 is 5.71. The summed E-state index contributed by atoms with van der Waals surface area (Å²) in [6.07, 6.45) is 0. The van der Waals surface area contributed by atoms with E-state index < -0.39 is 5.24 Å². The molecule has 98 valence electrons.